The minimum atomic E-state index is -0.350. The quantitative estimate of drug-likeness (QED) is 0.368. The molecule has 7 aliphatic rings. The van der Waals surface area contributed by atoms with Crippen LogP contribution in [0.4, 0.5) is 0 Å². The van der Waals surface area contributed by atoms with Crippen LogP contribution in [-0.2, 0) is 9.53 Å². The Morgan fingerprint density at radius 1 is 0.941 bits per heavy atom. The van der Waals surface area contributed by atoms with E-state index in [0.29, 0.717) is 35.5 Å². The first kappa shape index (κ1) is 8.06. The Morgan fingerprint density at radius 2 is 1.53 bits per heavy atom. The van der Waals surface area contributed by atoms with E-state index in [9.17, 15) is 14.9 Å². The van der Waals surface area contributed by atoms with Crippen molar-refractivity contribution in [2.75, 3.05) is 0 Å². The molecule has 2 saturated heterocycles. The molecule has 17 heavy (non-hydrogen) atoms. The molecule has 2 aliphatic heterocycles. The van der Waals surface area contributed by atoms with E-state index in [1.54, 1.807) is 0 Å². The smallest absolute Gasteiger partial charge is 0.309 e. The van der Waals surface area contributed by atoms with Crippen molar-refractivity contribution in [2.24, 2.45) is 53.3 Å². The summed E-state index contributed by atoms with van der Waals surface area (Å²) in [5, 5.41) is 11.3. The zero-order chi connectivity index (χ0) is 11.2. The zero-order valence-corrected chi connectivity index (χ0v) is 8.93. The highest BCUT2D eigenvalue weighted by molar-refractivity contribution is 5.78. The first-order valence-electron chi connectivity index (χ1n) is 6.56. The van der Waals surface area contributed by atoms with Crippen LogP contribution < -0.4 is 0 Å². The van der Waals surface area contributed by atoms with Gasteiger partial charge in [-0.15, -0.1) is 0 Å². The fourth-order valence-electron chi connectivity index (χ4n) is 7.41. The largest absolute Gasteiger partial charge is 0.462 e. The molecular weight excluding hydrogens is 222 g/mol. The van der Waals surface area contributed by atoms with Crippen LogP contribution in [0, 0.1) is 63.4 Å². The third-order valence-electron chi connectivity index (χ3n) is 7.14. The van der Waals surface area contributed by atoms with Gasteiger partial charge in [-0.05, 0) is 23.7 Å². The van der Waals surface area contributed by atoms with Gasteiger partial charge in [0.05, 0.1) is 5.92 Å². The summed E-state index contributed by atoms with van der Waals surface area (Å²) >= 11 is 0. The molecule has 88 valence electrons. The minimum absolute atomic E-state index is 0.0342. The average molecular weight is 233 g/mol. The van der Waals surface area contributed by atoms with E-state index in [4.69, 9.17) is 4.74 Å². The summed E-state index contributed by atoms with van der Waals surface area (Å²) in [5.41, 5.74) is 0. The number of carbonyl (C=O) groups excluding carboxylic acids is 1. The summed E-state index contributed by atoms with van der Waals surface area (Å²) in [7, 11) is 0. The highest BCUT2D eigenvalue weighted by Crippen LogP contribution is 2.86. The van der Waals surface area contributed by atoms with Crippen LogP contribution in [0.3, 0.4) is 0 Å². The van der Waals surface area contributed by atoms with E-state index in [1.165, 1.54) is 0 Å². The van der Waals surface area contributed by atoms with Gasteiger partial charge in [-0.25, -0.2) is 0 Å². The number of nitrogens with zero attached hydrogens (tertiary/aromatic N) is 1. The Kier molecular flexibility index (Phi) is 0.897. The Balaban J connectivity index is 1.65. The molecule has 7 rings (SSSR count). The van der Waals surface area contributed by atoms with Crippen molar-refractivity contribution in [3.8, 4) is 0 Å². The minimum Gasteiger partial charge on any atom is -0.462 e. The van der Waals surface area contributed by atoms with Gasteiger partial charge in [-0.2, -0.15) is 0 Å². The van der Waals surface area contributed by atoms with Gasteiger partial charge >= 0.3 is 5.97 Å². The van der Waals surface area contributed by atoms with Crippen LogP contribution in [0.2, 0.25) is 0 Å². The Bertz CT molecular complexity index is 517. The number of fused-ring (bicyclic) bond motifs is 1. The highest BCUT2D eigenvalue weighted by atomic mass is 16.6. The second-order valence-corrected chi connectivity index (χ2v) is 6.82. The molecule has 5 aliphatic carbocycles. The van der Waals surface area contributed by atoms with Crippen molar-refractivity contribution >= 4 is 5.97 Å². The van der Waals surface area contributed by atoms with Gasteiger partial charge in [0.1, 0.15) is 6.10 Å². The summed E-state index contributed by atoms with van der Waals surface area (Å²) in [4.78, 5) is 23.2. The number of esters is 1. The van der Waals surface area contributed by atoms with Gasteiger partial charge in [-0.1, -0.05) is 0 Å². The normalized spacial score (nSPS) is 74.4. The Hall–Kier alpha value is -1.13. The lowest BCUT2D eigenvalue weighted by atomic mass is 9.55. The molecule has 7 fully saturated rings. The number of nitro groups is 1. The average Bonchev–Trinajstić information content (AvgIpc) is 2.75. The predicted octanol–water partition coefficient (Wildman–Crippen LogP) is 0.171. The van der Waals surface area contributed by atoms with Crippen molar-refractivity contribution < 1.29 is 14.5 Å². The van der Waals surface area contributed by atoms with Crippen LogP contribution in [0.15, 0.2) is 0 Å². The molecule has 0 amide bonds. The second-order valence-electron chi connectivity index (χ2n) is 6.82. The molecule has 0 N–H and O–H groups in total. The second kappa shape index (κ2) is 1.89. The molecule has 0 aromatic heterocycles. The lowest BCUT2D eigenvalue weighted by Gasteiger charge is -2.52. The fourth-order valence-corrected chi connectivity index (χ4v) is 7.41. The van der Waals surface area contributed by atoms with Crippen molar-refractivity contribution in [3.63, 3.8) is 0 Å². The van der Waals surface area contributed by atoms with Crippen LogP contribution in [0.1, 0.15) is 0 Å². The van der Waals surface area contributed by atoms with E-state index in [-0.39, 0.29) is 40.8 Å². The lowest BCUT2D eigenvalue weighted by Crippen LogP contribution is -2.58. The van der Waals surface area contributed by atoms with Gasteiger partial charge in [0.2, 0.25) is 6.04 Å². The summed E-state index contributed by atoms with van der Waals surface area (Å²) in [6, 6.07) is -0.350. The SMILES string of the molecule is O=C1O[C@H]2[C@@H]3[C@@H]4[C@H]1[C@@H]1[C@@H]2[C@H]2[C@@H]3[C@@H]4[C@H]1[C@H]2[N+](=O)[O-]. The standard InChI is InChI=1S/C12H11NO4/c14-12-9-3-1-2-6-8(11(17-12)7(2)3)4(9)5(1)10(6)13(15)16/h1-11H/t1-,2-,3+,4-,5+,6+,7-,8+,9-,10+,11-/m0/s1. The van der Waals surface area contributed by atoms with Gasteiger partial charge in [-0.3, -0.25) is 14.9 Å². The van der Waals surface area contributed by atoms with Gasteiger partial charge in [0.25, 0.3) is 0 Å². The third-order valence-corrected chi connectivity index (χ3v) is 7.14. The van der Waals surface area contributed by atoms with Crippen molar-refractivity contribution in [3.05, 3.63) is 10.1 Å². The number of hydrogen-bond donors (Lipinski definition) is 0. The van der Waals surface area contributed by atoms with Crippen LogP contribution in [0.5, 0.6) is 0 Å². The molecule has 2 heterocycles. The maximum Gasteiger partial charge on any atom is 0.309 e. The van der Waals surface area contributed by atoms with Gasteiger partial charge in [0, 0.05) is 28.6 Å². The van der Waals surface area contributed by atoms with Crippen LogP contribution in [-0.4, -0.2) is 23.0 Å². The first-order valence-corrected chi connectivity index (χ1v) is 6.56. The third kappa shape index (κ3) is 0.490. The number of carbonyl (C=O) groups is 1. The van der Waals surface area contributed by atoms with Crippen molar-refractivity contribution in [1.82, 2.24) is 0 Å². The van der Waals surface area contributed by atoms with E-state index < -0.39 is 0 Å². The van der Waals surface area contributed by atoms with E-state index >= 15 is 0 Å². The number of hydrogen-bond acceptors (Lipinski definition) is 4. The molecule has 5 nitrogen and oxygen atoms in total. The van der Waals surface area contributed by atoms with Crippen LogP contribution in [0.25, 0.3) is 0 Å². The maximum absolute atomic E-state index is 11.9. The summed E-state index contributed by atoms with van der Waals surface area (Å²) in [6.45, 7) is 0. The highest BCUT2D eigenvalue weighted by Gasteiger charge is 2.92. The zero-order valence-electron chi connectivity index (χ0n) is 8.93. The molecule has 4 bridgehead atoms. The summed E-state index contributed by atoms with van der Waals surface area (Å²) in [5.74, 6) is 3.13. The van der Waals surface area contributed by atoms with Gasteiger partial charge in [0.15, 0.2) is 0 Å². The lowest BCUT2D eigenvalue weighted by molar-refractivity contribution is -0.533. The fraction of sp³-hybridized carbons (Fsp3) is 0.917. The Labute approximate surface area is 96.6 Å². The molecule has 5 heteroatoms. The summed E-state index contributed by atoms with van der Waals surface area (Å²) in [6.07, 6.45) is 0.0590. The molecule has 0 spiro atoms. The predicted molar refractivity (Wildman–Crippen MR) is 52.1 cm³/mol. The van der Waals surface area contributed by atoms with E-state index in [0.717, 1.165) is 0 Å². The van der Waals surface area contributed by atoms with Crippen molar-refractivity contribution in [2.45, 2.75) is 12.1 Å². The molecule has 0 radical (unpaired) electrons. The monoisotopic (exact) mass is 233 g/mol. The molecular formula is C12H11NO4. The number of ether oxygens (including phenoxy) is 1. The van der Waals surface area contributed by atoms with Crippen molar-refractivity contribution in [1.29, 1.82) is 0 Å². The molecule has 0 unspecified atom stereocenters. The molecule has 11 atom stereocenters. The molecule has 5 saturated carbocycles. The first-order chi connectivity index (χ1) is 8.22. The van der Waals surface area contributed by atoms with E-state index in [2.05, 4.69) is 0 Å². The Morgan fingerprint density at radius 3 is 2.29 bits per heavy atom. The molecule has 0 aromatic carbocycles. The van der Waals surface area contributed by atoms with Gasteiger partial charge < -0.3 is 4.74 Å². The number of rotatable bonds is 1. The summed E-state index contributed by atoms with van der Waals surface area (Å²) < 4.78 is 5.53. The topological polar surface area (TPSA) is 69.4 Å². The van der Waals surface area contributed by atoms with E-state index in [1.807, 2.05) is 0 Å². The maximum atomic E-state index is 11.9. The van der Waals surface area contributed by atoms with Crippen LogP contribution >= 0.6 is 0 Å². The molecule has 0 aromatic rings.